The highest BCUT2D eigenvalue weighted by molar-refractivity contribution is 5.13. The minimum atomic E-state index is -8.25. The van der Waals surface area contributed by atoms with Crippen LogP contribution in [0.15, 0.2) is 0 Å². The molecule has 25 heavy (non-hydrogen) atoms. The van der Waals surface area contributed by atoms with E-state index < -0.39 is 48.8 Å². The number of alkyl halides is 16. The van der Waals surface area contributed by atoms with Gasteiger partial charge in [-0.25, -0.2) is 4.39 Å². The molecule has 0 aliphatic heterocycles. The van der Waals surface area contributed by atoms with Crippen molar-refractivity contribution >= 4 is 0 Å². The first-order valence-electron chi connectivity index (χ1n) is 5.12. The molecule has 0 amide bonds. The van der Waals surface area contributed by atoms with E-state index in [2.05, 4.69) is 0 Å². The summed E-state index contributed by atoms with van der Waals surface area (Å²) in [6.45, 7) is -3.70. The molecule has 0 aliphatic rings. The first-order chi connectivity index (χ1) is 10.5. The molecule has 1 atom stereocenters. The molecule has 0 saturated carbocycles. The molecule has 0 aromatic heterocycles. The third-order valence-corrected chi connectivity index (χ3v) is 2.42. The Morgan fingerprint density at radius 3 is 1.00 bits per heavy atom. The summed E-state index contributed by atoms with van der Waals surface area (Å²) in [4.78, 5) is 0. The van der Waals surface area contributed by atoms with Crippen LogP contribution in [0.3, 0.4) is 0 Å². The van der Waals surface area contributed by atoms with E-state index in [1.54, 1.807) is 0 Å². The van der Waals surface area contributed by atoms with E-state index in [-0.39, 0.29) is 0 Å². The van der Waals surface area contributed by atoms with Crippen LogP contribution in [0.5, 0.6) is 0 Å². The molecule has 17 heteroatoms. The first-order valence-corrected chi connectivity index (χ1v) is 5.12. The third kappa shape index (κ3) is 3.84. The second-order valence-electron chi connectivity index (χ2n) is 4.23. The zero-order valence-electron chi connectivity index (χ0n) is 10.7. The number of hydrogen-bond acceptors (Lipinski definition) is 1. The largest absolute Gasteiger partial charge is 0.455 e. The molecule has 0 heterocycles. The van der Waals surface area contributed by atoms with Crippen LogP contribution in [0.2, 0.25) is 0 Å². The van der Waals surface area contributed by atoms with E-state index in [1.165, 1.54) is 0 Å². The van der Waals surface area contributed by atoms with Crippen LogP contribution in [-0.4, -0.2) is 48.8 Å². The summed E-state index contributed by atoms with van der Waals surface area (Å²) < 4.78 is 199. The second-order valence-corrected chi connectivity index (χ2v) is 4.23. The summed E-state index contributed by atoms with van der Waals surface area (Å²) >= 11 is 0. The smallest absolute Gasteiger partial charge is 0.325 e. The Bertz CT molecular complexity index is 450. The molecule has 0 saturated heterocycles. The second kappa shape index (κ2) is 5.94. The highest BCUT2D eigenvalue weighted by atomic mass is 19.4. The van der Waals surface area contributed by atoms with Crippen LogP contribution in [0.1, 0.15) is 0 Å². The Morgan fingerprint density at radius 1 is 0.480 bits per heavy atom. The maximum atomic E-state index is 13.3. The van der Waals surface area contributed by atoms with Crippen molar-refractivity contribution in [1.29, 1.82) is 0 Å². The molecule has 0 aromatic carbocycles. The first kappa shape index (κ1) is 23.8. The zero-order valence-corrected chi connectivity index (χ0v) is 10.7. The average Bonchev–Trinajstić information content (AvgIpc) is 2.29. The Morgan fingerprint density at radius 2 is 0.800 bits per heavy atom. The Labute approximate surface area is 125 Å². The van der Waals surface area contributed by atoms with Crippen LogP contribution in [0.25, 0.3) is 0 Å². The lowest BCUT2D eigenvalue weighted by molar-refractivity contribution is -0.480. The van der Waals surface area contributed by atoms with Gasteiger partial charge in [0.2, 0.25) is 0 Å². The molecule has 0 radical (unpaired) electrons. The number of ether oxygens (including phenoxy) is 1. The zero-order chi connectivity index (χ0) is 20.9. The van der Waals surface area contributed by atoms with Gasteiger partial charge in [-0.2, -0.15) is 65.9 Å². The molecule has 152 valence electrons. The lowest BCUT2D eigenvalue weighted by Gasteiger charge is -2.42. The quantitative estimate of drug-likeness (QED) is 0.566. The van der Waals surface area contributed by atoms with Gasteiger partial charge in [0.15, 0.2) is 0 Å². The molecule has 1 unspecified atom stereocenters. The fourth-order valence-corrected chi connectivity index (χ4v) is 1.27. The maximum absolute atomic E-state index is 13.3. The molecular weight excluding hydrogens is 416 g/mol. The van der Waals surface area contributed by atoms with Crippen molar-refractivity contribution in [3.8, 4) is 0 Å². The highest BCUT2D eigenvalue weighted by Gasteiger charge is 2.94. The van der Waals surface area contributed by atoms with Crippen molar-refractivity contribution in [1.82, 2.24) is 0 Å². The van der Waals surface area contributed by atoms with Crippen molar-refractivity contribution in [3.05, 3.63) is 0 Å². The van der Waals surface area contributed by atoms with E-state index in [0.717, 1.165) is 0 Å². The van der Waals surface area contributed by atoms with E-state index in [4.69, 9.17) is 0 Å². The van der Waals surface area contributed by atoms with Crippen molar-refractivity contribution < 1.29 is 75.0 Å². The van der Waals surface area contributed by atoms with Gasteiger partial charge in [0, 0.05) is 0 Å². The van der Waals surface area contributed by atoms with Crippen LogP contribution < -0.4 is 0 Å². The minimum Gasteiger partial charge on any atom is -0.325 e. The fourth-order valence-electron chi connectivity index (χ4n) is 1.27. The van der Waals surface area contributed by atoms with Gasteiger partial charge >= 0.3 is 42.2 Å². The topological polar surface area (TPSA) is 9.23 Å². The normalized spacial score (nSPS) is 18.2. The lowest BCUT2D eigenvalue weighted by Crippen LogP contribution is -2.75. The highest BCUT2D eigenvalue weighted by Crippen LogP contribution is 2.62. The molecule has 0 aliphatic carbocycles. The maximum Gasteiger partial charge on any atom is 0.455 e. The molecule has 0 rings (SSSR count). The Kier molecular flexibility index (Phi) is 5.66. The van der Waals surface area contributed by atoms with E-state index in [0.29, 0.717) is 0 Å². The van der Waals surface area contributed by atoms with Crippen LogP contribution in [0, 0.1) is 0 Å². The van der Waals surface area contributed by atoms with E-state index in [1.807, 2.05) is 4.74 Å². The molecule has 0 aromatic rings. The van der Waals surface area contributed by atoms with Gasteiger partial charge in [-0.15, -0.1) is 0 Å². The van der Waals surface area contributed by atoms with Gasteiger partial charge in [0.25, 0.3) is 0 Å². The molecule has 0 spiro atoms. The van der Waals surface area contributed by atoms with Crippen molar-refractivity contribution in [3.63, 3.8) is 0 Å². The summed E-state index contributed by atoms with van der Waals surface area (Å²) in [6, 6.07) is 0. The summed E-state index contributed by atoms with van der Waals surface area (Å²) in [7, 11) is 0. The van der Waals surface area contributed by atoms with Crippen LogP contribution in [0.4, 0.5) is 70.2 Å². The lowest BCUT2D eigenvalue weighted by atomic mass is 9.89. The third-order valence-electron chi connectivity index (χ3n) is 2.42. The average molecular weight is 418 g/mol. The van der Waals surface area contributed by atoms with Gasteiger partial charge in [0.1, 0.15) is 6.61 Å². The predicted octanol–water partition coefficient (Wildman–Crippen LogP) is 5.26. The van der Waals surface area contributed by atoms with E-state index >= 15 is 0 Å². The van der Waals surface area contributed by atoms with Gasteiger partial charge in [-0.3, -0.25) is 0 Å². The van der Waals surface area contributed by atoms with E-state index in [9.17, 15) is 70.2 Å². The van der Waals surface area contributed by atoms with Crippen LogP contribution in [-0.2, 0) is 4.74 Å². The molecule has 1 nitrogen and oxygen atoms in total. The molecule has 0 fully saturated rings. The van der Waals surface area contributed by atoms with Gasteiger partial charge in [-0.1, -0.05) is 0 Å². The summed E-state index contributed by atoms with van der Waals surface area (Å²) in [5.74, 6) is -15.9. The summed E-state index contributed by atoms with van der Waals surface area (Å²) in [6.07, 6.45) is -29.6. The van der Waals surface area contributed by atoms with Crippen molar-refractivity contribution in [2.24, 2.45) is 0 Å². The molecular formula is C8H2F16O. The predicted molar refractivity (Wildman–Crippen MR) is 42.8 cm³/mol. The van der Waals surface area contributed by atoms with Crippen molar-refractivity contribution in [2.45, 2.75) is 42.2 Å². The summed E-state index contributed by atoms with van der Waals surface area (Å²) in [5.41, 5.74) is -8.23. The SMILES string of the molecule is FC(F)(F)COC(F)(C(F)(F)F)C(F)(F)C(F)(C(F)(F)F)C(F)(F)F. The standard InChI is InChI=1S/C8H2F16O/c9-2(10,11)1-25-5(15,8(22,23)24)4(13,14)3(12,6(16,17)18)7(19,20)21/h1H2. The fraction of sp³-hybridized carbons (Fsp3) is 1.00. The Hall–Kier alpha value is -1.16. The molecule has 0 N–H and O–H groups in total. The van der Waals surface area contributed by atoms with Gasteiger partial charge < -0.3 is 4.74 Å². The monoisotopic (exact) mass is 418 g/mol. The molecule has 0 bridgehead atoms. The number of hydrogen-bond donors (Lipinski definition) is 0. The number of halogens is 16. The Balaban J connectivity index is 6.58. The minimum absolute atomic E-state index is 1.95. The van der Waals surface area contributed by atoms with Gasteiger partial charge in [-0.05, 0) is 0 Å². The summed E-state index contributed by atoms with van der Waals surface area (Å²) in [5, 5.41) is 0. The van der Waals surface area contributed by atoms with Crippen molar-refractivity contribution in [2.75, 3.05) is 6.61 Å². The van der Waals surface area contributed by atoms with Gasteiger partial charge in [0.05, 0.1) is 0 Å². The van der Waals surface area contributed by atoms with Crippen LogP contribution >= 0.6 is 0 Å². The number of rotatable bonds is 4.